The number of carbonyl (C=O) groups is 1. The largest absolute Gasteiger partial charge is 0.383 e. The SMILES string of the molecule is CC(C)[C@H](NC(=O)NC[C@](C)(O)c1cnn(C)c1)c1ccccn1. The third-order valence-electron chi connectivity index (χ3n) is 3.88. The first-order valence-electron chi connectivity index (χ1n) is 7.96. The number of aryl methyl sites for hydroxylation is 1. The number of rotatable bonds is 6. The van der Waals surface area contributed by atoms with Gasteiger partial charge in [-0.05, 0) is 25.0 Å². The molecule has 2 aromatic heterocycles. The van der Waals surface area contributed by atoms with E-state index in [4.69, 9.17) is 0 Å². The van der Waals surface area contributed by atoms with Crippen LogP contribution in [0.25, 0.3) is 0 Å². The second-order valence-electron chi connectivity index (χ2n) is 6.48. The van der Waals surface area contributed by atoms with Crippen LogP contribution in [0.4, 0.5) is 4.79 Å². The number of hydrogen-bond acceptors (Lipinski definition) is 4. The van der Waals surface area contributed by atoms with Crippen molar-refractivity contribution in [2.24, 2.45) is 13.0 Å². The van der Waals surface area contributed by atoms with E-state index in [9.17, 15) is 9.90 Å². The molecule has 0 unspecified atom stereocenters. The van der Waals surface area contributed by atoms with E-state index in [1.165, 1.54) is 0 Å². The fourth-order valence-corrected chi connectivity index (χ4v) is 2.39. The molecule has 0 spiro atoms. The molecule has 0 aliphatic rings. The number of nitrogens with zero attached hydrogens (tertiary/aromatic N) is 3. The number of amides is 2. The predicted octanol–water partition coefficient (Wildman–Crippen LogP) is 1.72. The van der Waals surface area contributed by atoms with Gasteiger partial charge < -0.3 is 15.7 Å². The van der Waals surface area contributed by atoms with Gasteiger partial charge in [0.2, 0.25) is 0 Å². The Morgan fingerprint density at radius 2 is 2.17 bits per heavy atom. The maximum Gasteiger partial charge on any atom is 0.315 e. The number of urea groups is 1. The molecule has 0 aromatic carbocycles. The lowest BCUT2D eigenvalue weighted by Gasteiger charge is -2.25. The van der Waals surface area contributed by atoms with Crippen LogP contribution in [0.15, 0.2) is 36.8 Å². The first-order valence-corrected chi connectivity index (χ1v) is 7.96. The van der Waals surface area contributed by atoms with Gasteiger partial charge in [0.1, 0.15) is 5.60 Å². The molecule has 2 rings (SSSR count). The van der Waals surface area contributed by atoms with Crippen molar-refractivity contribution in [2.45, 2.75) is 32.4 Å². The summed E-state index contributed by atoms with van der Waals surface area (Å²) < 4.78 is 1.61. The van der Waals surface area contributed by atoms with Crippen LogP contribution in [0.3, 0.4) is 0 Å². The van der Waals surface area contributed by atoms with Crippen LogP contribution < -0.4 is 10.6 Å². The highest BCUT2D eigenvalue weighted by molar-refractivity contribution is 5.74. The van der Waals surface area contributed by atoms with Gasteiger partial charge in [-0.2, -0.15) is 5.10 Å². The molecule has 0 fully saturated rings. The van der Waals surface area contributed by atoms with E-state index in [0.717, 1.165) is 5.69 Å². The van der Waals surface area contributed by atoms with Crippen LogP contribution in [-0.2, 0) is 12.6 Å². The highest BCUT2D eigenvalue weighted by Crippen LogP contribution is 2.20. The molecule has 7 nitrogen and oxygen atoms in total. The van der Waals surface area contributed by atoms with Crippen molar-refractivity contribution in [3.63, 3.8) is 0 Å². The third kappa shape index (κ3) is 4.55. The van der Waals surface area contributed by atoms with E-state index < -0.39 is 5.60 Å². The van der Waals surface area contributed by atoms with Crippen molar-refractivity contribution in [1.29, 1.82) is 0 Å². The third-order valence-corrected chi connectivity index (χ3v) is 3.88. The maximum absolute atomic E-state index is 12.2. The summed E-state index contributed by atoms with van der Waals surface area (Å²) in [6, 6.07) is 5.07. The minimum Gasteiger partial charge on any atom is -0.383 e. The average Bonchev–Trinajstić information content (AvgIpc) is 2.99. The summed E-state index contributed by atoms with van der Waals surface area (Å²) in [6.45, 7) is 5.76. The van der Waals surface area contributed by atoms with Crippen LogP contribution in [0.1, 0.15) is 38.1 Å². The maximum atomic E-state index is 12.2. The fourth-order valence-electron chi connectivity index (χ4n) is 2.39. The van der Waals surface area contributed by atoms with Crippen LogP contribution in [-0.4, -0.2) is 32.4 Å². The zero-order chi connectivity index (χ0) is 17.7. The molecule has 130 valence electrons. The van der Waals surface area contributed by atoms with Crippen molar-refractivity contribution < 1.29 is 9.90 Å². The zero-order valence-corrected chi connectivity index (χ0v) is 14.5. The Balaban J connectivity index is 1.96. The van der Waals surface area contributed by atoms with Crippen molar-refractivity contribution >= 4 is 6.03 Å². The highest BCUT2D eigenvalue weighted by atomic mass is 16.3. The Labute approximate surface area is 142 Å². The van der Waals surface area contributed by atoms with Crippen molar-refractivity contribution in [3.8, 4) is 0 Å². The van der Waals surface area contributed by atoms with Gasteiger partial charge in [-0.25, -0.2) is 4.79 Å². The lowest BCUT2D eigenvalue weighted by atomic mass is 9.99. The van der Waals surface area contributed by atoms with Crippen molar-refractivity contribution in [1.82, 2.24) is 25.4 Å². The monoisotopic (exact) mass is 331 g/mol. The summed E-state index contributed by atoms with van der Waals surface area (Å²) in [6.07, 6.45) is 5.02. The van der Waals surface area contributed by atoms with Gasteiger partial charge in [-0.1, -0.05) is 19.9 Å². The molecule has 0 aliphatic heterocycles. The van der Waals surface area contributed by atoms with Gasteiger partial charge in [0, 0.05) is 25.0 Å². The van der Waals surface area contributed by atoms with Crippen molar-refractivity contribution in [3.05, 3.63) is 48.0 Å². The number of pyridine rings is 1. The molecule has 0 aliphatic carbocycles. The second-order valence-corrected chi connectivity index (χ2v) is 6.48. The molecule has 2 aromatic rings. The Morgan fingerprint density at radius 1 is 1.42 bits per heavy atom. The van der Waals surface area contributed by atoms with E-state index in [-0.39, 0.29) is 24.5 Å². The van der Waals surface area contributed by atoms with Gasteiger partial charge in [0.05, 0.1) is 24.5 Å². The first-order chi connectivity index (χ1) is 11.3. The predicted molar refractivity (Wildman–Crippen MR) is 91.1 cm³/mol. The van der Waals surface area contributed by atoms with Crippen molar-refractivity contribution in [2.75, 3.05) is 6.54 Å². The quantitative estimate of drug-likeness (QED) is 0.751. The normalized spacial score (nSPS) is 14.9. The fraction of sp³-hybridized carbons (Fsp3) is 0.471. The smallest absolute Gasteiger partial charge is 0.315 e. The van der Waals surface area contributed by atoms with Crippen LogP contribution in [0.5, 0.6) is 0 Å². The standard InChI is InChI=1S/C17H25N5O2/c1-12(2)15(14-7-5-6-8-18-14)21-16(23)19-11-17(3,24)13-9-20-22(4)10-13/h5-10,12,15,24H,11H2,1-4H3,(H2,19,21,23)/t15-,17-/m0/s1. The Kier molecular flexibility index (Phi) is 5.56. The molecule has 3 N–H and O–H groups in total. The molecule has 0 saturated carbocycles. The Bertz CT molecular complexity index is 667. The molecule has 0 radical (unpaired) electrons. The molecule has 24 heavy (non-hydrogen) atoms. The number of nitrogens with one attached hydrogen (secondary N) is 2. The molecule has 2 atom stereocenters. The molecule has 2 heterocycles. The summed E-state index contributed by atoms with van der Waals surface area (Å²) >= 11 is 0. The summed E-state index contributed by atoms with van der Waals surface area (Å²) in [7, 11) is 1.78. The zero-order valence-electron chi connectivity index (χ0n) is 14.5. The lowest BCUT2D eigenvalue weighted by molar-refractivity contribution is 0.0591. The average molecular weight is 331 g/mol. The van der Waals surface area contributed by atoms with E-state index in [1.807, 2.05) is 32.0 Å². The topological polar surface area (TPSA) is 92.1 Å². The summed E-state index contributed by atoms with van der Waals surface area (Å²) in [5.41, 5.74) is 0.265. The number of hydrogen-bond donors (Lipinski definition) is 3. The van der Waals surface area contributed by atoms with Gasteiger partial charge >= 0.3 is 6.03 Å². The first kappa shape index (κ1) is 17.9. The number of carbonyl (C=O) groups excluding carboxylic acids is 1. The molecule has 0 saturated heterocycles. The molecule has 0 bridgehead atoms. The number of aliphatic hydroxyl groups is 1. The molecular formula is C17H25N5O2. The number of aromatic nitrogens is 3. The van der Waals surface area contributed by atoms with Crippen LogP contribution in [0, 0.1) is 5.92 Å². The van der Waals surface area contributed by atoms with Crippen LogP contribution >= 0.6 is 0 Å². The Hall–Kier alpha value is -2.41. The van der Waals surface area contributed by atoms with Gasteiger partial charge in [0.15, 0.2) is 0 Å². The van der Waals surface area contributed by atoms with Gasteiger partial charge in [0.25, 0.3) is 0 Å². The van der Waals surface area contributed by atoms with Gasteiger partial charge in [-0.15, -0.1) is 0 Å². The summed E-state index contributed by atoms with van der Waals surface area (Å²) in [5, 5.41) is 20.2. The highest BCUT2D eigenvalue weighted by Gasteiger charge is 2.26. The Morgan fingerprint density at radius 3 is 2.71 bits per heavy atom. The van der Waals surface area contributed by atoms with E-state index in [2.05, 4.69) is 20.7 Å². The van der Waals surface area contributed by atoms with E-state index in [0.29, 0.717) is 5.56 Å². The molecule has 7 heteroatoms. The molecule has 2 amide bonds. The second kappa shape index (κ2) is 7.44. The van der Waals surface area contributed by atoms with Gasteiger partial charge in [-0.3, -0.25) is 9.67 Å². The summed E-state index contributed by atoms with van der Waals surface area (Å²) in [5.74, 6) is 0.185. The lowest BCUT2D eigenvalue weighted by Crippen LogP contribution is -2.45. The van der Waals surface area contributed by atoms with Crippen LogP contribution in [0.2, 0.25) is 0 Å². The minimum atomic E-state index is -1.19. The van der Waals surface area contributed by atoms with E-state index in [1.54, 1.807) is 37.2 Å². The van der Waals surface area contributed by atoms with E-state index >= 15 is 0 Å². The minimum absolute atomic E-state index is 0.0809. The summed E-state index contributed by atoms with van der Waals surface area (Å²) in [4.78, 5) is 16.5. The molecular weight excluding hydrogens is 306 g/mol.